The Labute approximate surface area is 125 Å². The van der Waals surface area contributed by atoms with Gasteiger partial charge < -0.3 is 10.6 Å². The van der Waals surface area contributed by atoms with Crippen LogP contribution in [-0.2, 0) is 4.79 Å². The summed E-state index contributed by atoms with van der Waals surface area (Å²) in [5.74, 6) is -0.0412. The molecular formula is C13H18Br2N2O. The molecule has 2 N–H and O–H groups in total. The number of anilines is 1. The van der Waals surface area contributed by atoms with Crippen LogP contribution in [0.25, 0.3) is 0 Å². The first-order valence-corrected chi connectivity index (χ1v) is 7.51. The van der Waals surface area contributed by atoms with Crippen LogP contribution in [0.3, 0.4) is 0 Å². The fraction of sp³-hybridized carbons (Fsp3) is 0.462. The van der Waals surface area contributed by atoms with Crippen molar-refractivity contribution in [2.45, 2.75) is 33.2 Å². The first kappa shape index (κ1) is 15.7. The van der Waals surface area contributed by atoms with Crippen LogP contribution in [0.1, 0.15) is 25.8 Å². The van der Waals surface area contributed by atoms with E-state index in [4.69, 9.17) is 0 Å². The molecule has 0 aliphatic heterocycles. The number of amides is 1. The Morgan fingerprint density at radius 1 is 1.33 bits per heavy atom. The molecule has 0 bridgehead atoms. The predicted octanol–water partition coefficient (Wildman–Crippen LogP) is 3.85. The maximum Gasteiger partial charge on any atom is 0.238 e. The van der Waals surface area contributed by atoms with E-state index in [2.05, 4.69) is 56.3 Å². The summed E-state index contributed by atoms with van der Waals surface area (Å²) in [5.41, 5.74) is 1.90. The summed E-state index contributed by atoms with van der Waals surface area (Å²) in [6.07, 6.45) is 1.01. The van der Waals surface area contributed by atoms with E-state index in [9.17, 15) is 4.79 Å². The number of nitrogens with one attached hydrogen (secondary N) is 2. The highest BCUT2D eigenvalue weighted by Crippen LogP contribution is 2.32. The van der Waals surface area contributed by atoms with Gasteiger partial charge in [-0.3, -0.25) is 4.79 Å². The Kier molecular flexibility index (Phi) is 6.32. The average Bonchev–Trinajstić information content (AvgIpc) is 2.30. The van der Waals surface area contributed by atoms with Crippen molar-refractivity contribution in [2.24, 2.45) is 0 Å². The Morgan fingerprint density at radius 3 is 2.39 bits per heavy atom. The lowest BCUT2D eigenvalue weighted by molar-refractivity contribution is -0.115. The van der Waals surface area contributed by atoms with Gasteiger partial charge in [-0.1, -0.05) is 6.92 Å². The second-order valence-corrected chi connectivity index (χ2v) is 6.05. The van der Waals surface area contributed by atoms with Crippen molar-refractivity contribution in [3.05, 3.63) is 26.6 Å². The molecule has 0 aliphatic rings. The Bertz CT molecular complexity index is 412. The van der Waals surface area contributed by atoms with Gasteiger partial charge >= 0.3 is 0 Å². The fourth-order valence-corrected chi connectivity index (χ4v) is 3.03. The monoisotopic (exact) mass is 376 g/mol. The highest BCUT2D eigenvalue weighted by Gasteiger charge is 2.10. The van der Waals surface area contributed by atoms with Crippen molar-refractivity contribution < 1.29 is 4.79 Å². The first-order valence-electron chi connectivity index (χ1n) is 5.93. The molecule has 5 heteroatoms. The second-order valence-electron chi connectivity index (χ2n) is 4.34. The minimum Gasteiger partial charge on any atom is -0.323 e. The number of rotatable bonds is 5. The maximum atomic E-state index is 11.8. The molecule has 0 saturated heterocycles. The molecule has 0 saturated carbocycles. The summed E-state index contributed by atoms with van der Waals surface area (Å²) in [6, 6.07) is 4.30. The number of carbonyl (C=O) groups is 1. The van der Waals surface area contributed by atoms with E-state index in [1.807, 2.05) is 19.1 Å². The molecule has 0 radical (unpaired) electrons. The highest BCUT2D eigenvalue weighted by molar-refractivity contribution is 9.11. The van der Waals surface area contributed by atoms with Crippen LogP contribution in [0.5, 0.6) is 0 Å². The van der Waals surface area contributed by atoms with E-state index in [0.717, 1.165) is 26.6 Å². The first-order chi connectivity index (χ1) is 8.43. The standard InChI is InChI=1S/C13H18Br2N2O/c1-4-9(3)16-7-12(18)17-13-10(14)5-8(2)6-11(13)15/h5-6,9,16H,4,7H2,1-3H3,(H,17,18). The van der Waals surface area contributed by atoms with Gasteiger partial charge in [0.2, 0.25) is 5.91 Å². The zero-order valence-electron chi connectivity index (χ0n) is 10.8. The van der Waals surface area contributed by atoms with E-state index < -0.39 is 0 Å². The van der Waals surface area contributed by atoms with Crippen LogP contribution in [0.15, 0.2) is 21.1 Å². The molecule has 1 unspecified atom stereocenters. The summed E-state index contributed by atoms with van der Waals surface area (Å²) in [4.78, 5) is 11.8. The van der Waals surface area contributed by atoms with Gasteiger partial charge in [-0.25, -0.2) is 0 Å². The fourth-order valence-electron chi connectivity index (χ4n) is 1.41. The molecule has 0 heterocycles. The summed E-state index contributed by atoms with van der Waals surface area (Å²) < 4.78 is 1.76. The summed E-state index contributed by atoms with van der Waals surface area (Å²) in [6.45, 7) is 6.47. The molecule has 18 heavy (non-hydrogen) atoms. The minimum absolute atomic E-state index is 0.0412. The summed E-state index contributed by atoms with van der Waals surface area (Å²) in [5, 5.41) is 6.05. The van der Waals surface area contributed by atoms with Gasteiger partial charge in [0.1, 0.15) is 0 Å². The van der Waals surface area contributed by atoms with Crippen molar-refractivity contribution in [3.8, 4) is 0 Å². The second kappa shape index (κ2) is 7.26. The molecular weight excluding hydrogens is 360 g/mol. The van der Waals surface area contributed by atoms with Crippen molar-refractivity contribution in [1.29, 1.82) is 0 Å². The van der Waals surface area contributed by atoms with Crippen molar-refractivity contribution in [1.82, 2.24) is 5.32 Å². The molecule has 1 atom stereocenters. The summed E-state index contributed by atoms with van der Waals surface area (Å²) in [7, 11) is 0. The van der Waals surface area contributed by atoms with E-state index in [0.29, 0.717) is 12.6 Å². The minimum atomic E-state index is -0.0412. The predicted molar refractivity (Wildman–Crippen MR) is 83.0 cm³/mol. The third-order valence-electron chi connectivity index (χ3n) is 2.67. The molecule has 1 aromatic rings. The number of carbonyl (C=O) groups excluding carboxylic acids is 1. The van der Waals surface area contributed by atoms with Crippen molar-refractivity contribution in [3.63, 3.8) is 0 Å². The Balaban J connectivity index is 2.65. The molecule has 100 valence electrons. The van der Waals surface area contributed by atoms with Crippen LogP contribution in [-0.4, -0.2) is 18.5 Å². The molecule has 0 aliphatic carbocycles. The van der Waals surface area contributed by atoms with E-state index in [-0.39, 0.29) is 5.91 Å². The number of aryl methyl sites for hydroxylation is 1. The topological polar surface area (TPSA) is 41.1 Å². The van der Waals surface area contributed by atoms with Crippen LogP contribution in [0.4, 0.5) is 5.69 Å². The molecule has 0 spiro atoms. The lowest BCUT2D eigenvalue weighted by Gasteiger charge is -2.13. The zero-order valence-corrected chi connectivity index (χ0v) is 14.0. The number of hydrogen-bond donors (Lipinski definition) is 2. The number of benzene rings is 1. The van der Waals surface area contributed by atoms with E-state index in [1.54, 1.807) is 0 Å². The van der Waals surface area contributed by atoms with Crippen LogP contribution in [0, 0.1) is 6.92 Å². The van der Waals surface area contributed by atoms with Gasteiger partial charge in [-0.05, 0) is 69.8 Å². The van der Waals surface area contributed by atoms with Gasteiger partial charge in [-0.15, -0.1) is 0 Å². The van der Waals surface area contributed by atoms with Gasteiger partial charge in [0.25, 0.3) is 0 Å². The maximum absolute atomic E-state index is 11.8. The largest absolute Gasteiger partial charge is 0.323 e. The Hall–Kier alpha value is -0.390. The van der Waals surface area contributed by atoms with Crippen LogP contribution < -0.4 is 10.6 Å². The van der Waals surface area contributed by atoms with Gasteiger partial charge in [0, 0.05) is 15.0 Å². The summed E-state index contributed by atoms with van der Waals surface area (Å²) >= 11 is 6.91. The van der Waals surface area contributed by atoms with Crippen molar-refractivity contribution in [2.75, 3.05) is 11.9 Å². The number of hydrogen-bond acceptors (Lipinski definition) is 2. The molecule has 1 rings (SSSR count). The smallest absolute Gasteiger partial charge is 0.238 e. The number of halogens is 2. The normalized spacial score (nSPS) is 12.3. The lowest BCUT2D eigenvalue weighted by Crippen LogP contribution is -2.34. The lowest BCUT2D eigenvalue weighted by atomic mass is 10.2. The van der Waals surface area contributed by atoms with Gasteiger partial charge in [0.05, 0.1) is 12.2 Å². The zero-order chi connectivity index (χ0) is 13.7. The van der Waals surface area contributed by atoms with Crippen LogP contribution >= 0.6 is 31.9 Å². The quantitative estimate of drug-likeness (QED) is 0.818. The van der Waals surface area contributed by atoms with Gasteiger partial charge in [-0.2, -0.15) is 0 Å². The van der Waals surface area contributed by atoms with Crippen LogP contribution in [0.2, 0.25) is 0 Å². The van der Waals surface area contributed by atoms with E-state index in [1.165, 1.54) is 0 Å². The average molecular weight is 378 g/mol. The highest BCUT2D eigenvalue weighted by atomic mass is 79.9. The molecule has 1 amide bonds. The van der Waals surface area contributed by atoms with Gasteiger partial charge in [0.15, 0.2) is 0 Å². The van der Waals surface area contributed by atoms with Crippen molar-refractivity contribution >= 4 is 43.5 Å². The third kappa shape index (κ3) is 4.71. The third-order valence-corrected chi connectivity index (χ3v) is 3.93. The molecule has 0 aromatic heterocycles. The SMILES string of the molecule is CCC(C)NCC(=O)Nc1c(Br)cc(C)cc1Br. The molecule has 0 fully saturated rings. The molecule has 1 aromatic carbocycles. The Morgan fingerprint density at radius 2 is 1.89 bits per heavy atom. The van der Waals surface area contributed by atoms with E-state index >= 15 is 0 Å². The molecule has 3 nitrogen and oxygen atoms in total.